The maximum atomic E-state index is 6.33. The first kappa shape index (κ1) is 19.6. The molecule has 158 valence electrons. The number of anilines is 2. The second-order valence-electron chi connectivity index (χ2n) is 8.53. The smallest absolute Gasteiger partial charge is 0.146 e. The number of benzene rings is 2. The minimum atomic E-state index is 0.419. The lowest BCUT2D eigenvalue weighted by Crippen LogP contribution is -2.31. The van der Waals surface area contributed by atoms with Crippen LogP contribution in [0.4, 0.5) is 11.5 Å². The highest BCUT2D eigenvalue weighted by Crippen LogP contribution is 2.42. The van der Waals surface area contributed by atoms with E-state index in [-0.39, 0.29) is 0 Å². The fraction of sp³-hybridized carbons (Fsp3) is 0.280. The number of nitrogens with zero attached hydrogens (tertiary/aromatic N) is 4. The molecule has 1 aliphatic rings. The number of hydrogen-bond donors (Lipinski definition) is 2. The quantitative estimate of drug-likeness (QED) is 0.495. The van der Waals surface area contributed by atoms with E-state index >= 15 is 0 Å². The van der Waals surface area contributed by atoms with Crippen LogP contribution in [-0.2, 0) is 6.54 Å². The lowest BCUT2D eigenvalue weighted by Gasteiger charge is -2.35. The first-order chi connectivity index (χ1) is 15.1. The van der Waals surface area contributed by atoms with Crippen molar-refractivity contribution in [2.24, 2.45) is 11.7 Å². The van der Waals surface area contributed by atoms with Crippen molar-refractivity contribution in [2.75, 3.05) is 24.2 Å². The molecule has 1 fully saturated rings. The molecule has 0 spiro atoms. The van der Waals surface area contributed by atoms with Gasteiger partial charge in [-0.15, -0.1) is 0 Å². The summed E-state index contributed by atoms with van der Waals surface area (Å²) >= 11 is 0. The second kappa shape index (κ2) is 8.04. The Kier molecular flexibility index (Phi) is 5.08. The first-order valence-electron chi connectivity index (χ1n) is 10.8. The molecule has 2 heterocycles. The fourth-order valence-corrected chi connectivity index (χ4v) is 4.59. The van der Waals surface area contributed by atoms with Crippen molar-refractivity contribution in [2.45, 2.75) is 25.4 Å². The Morgan fingerprint density at radius 1 is 1.06 bits per heavy atom. The van der Waals surface area contributed by atoms with Crippen LogP contribution in [0.3, 0.4) is 0 Å². The number of rotatable bonds is 6. The average Bonchev–Trinajstić information content (AvgIpc) is 3.15. The summed E-state index contributed by atoms with van der Waals surface area (Å²) in [6, 6.07) is 19.5. The highest BCUT2D eigenvalue weighted by molar-refractivity contribution is 6.01. The maximum absolute atomic E-state index is 6.33. The topological polar surface area (TPSA) is 86.0 Å². The molecule has 0 amide bonds. The molecule has 5 rings (SSSR count). The molecule has 6 heteroatoms. The molecule has 0 radical (unpaired) electrons. The lowest BCUT2D eigenvalue weighted by molar-refractivity contribution is 0.209. The Morgan fingerprint density at radius 2 is 1.87 bits per heavy atom. The predicted octanol–water partition coefficient (Wildman–Crippen LogP) is 4.23. The molecule has 1 aliphatic carbocycles. The van der Waals surface area contributed by atoms with E-state index < -0.39 is 0 Å². The highest BCUT2D eigenvalue weighted by atomic mass is 15.1. The van der Waals surface area contributed by atoms with Gasteiger partial charge in [0.25, 0.3) is 0 Å². The molecule has 2 aromatic heterocycles. The van der Waals surface area contributed by atoms with Crippen LogP contribution < -0.4 is 16.4 Å². The van der Waals surface area contributed by atoms with Gasteiger partial charge in [-0.2, -0.15) is 0 Å². The minimum absolute atomic E-state index is 0.419. The summed E-state index contributed by atoms with van der Waals surface area (Å²) in [7, 11) is 2.12. The molecule has 1 saturated carbocycles. The van der Waals surface area contributed by atoms with Gasteiger partial charge in [0.2, 0.25) is 0 Å². The zero-order valence-electron chi connectivity index (χ0n) is 17.8. The van der Waals surface area contributed by atoms with Crippen LogP contribution >= 0.6 is 0 Å². The molecule has 0 aliphatic heterocycles. The Morgan fingerprint density at radius 3 is 2.65 bits per heavy atom. The van der Waals surface area contributed by atoms with E-state index in [1.54, 1.807) is 6.33 Å². The van der Waals surface area contributed by atoms with E-state index in [4.69, 9.17) is 11.5 Å². The zero-order chi connectivity index (χ0) is 21.4. The Hall–Kier alpha value is -3.38. The van der Waals surface area contributed by atoms with Crippen LogP contribution in [-0.4, -0.2) is 28.1 Å². The first-order valence-corrected chi connectivity index (χ1v) is 10.8. The molecule has 0 saturated heterocycles. The van der Waals surface area contributed by atoms with E-state index in [0.29, 0.717) is 17.8 Å². The van der Waals surface area contributed by atoms with Crippen LogP contribution in [0.5, 0.6) is 0 Å². The largest absolute Gasteiger partial charge is 0.383 e. The minimum Gasteiger partial charge on any atom is -0.383 e. The van der Waals surface area contributed by atoms with E-state index in [9.17, 15) is 0 Å². The van der Waals surface area contributed by atoms with Crippen molar-refractivity contribution >= 4 is 22.5 Å². The van der Waals surface area contributed by atoms with Crippen LogP contribution in [0, 0.1) is 5.92 Å². The van der Waals surface area contributed by atoms with Crippen molar-refractivity contribution < 1.29 is 0 Å². The summed E-state index contributed by atoms with van der Waals surface area (Å²) < 4.78 is 2.27. The standard InChI is InChI=1S/C25H28N6/c1-30(14-17-6-3-2-4-7-17)20-9-5-8-19(12-20)22-15-31(21-10-18(11-21)13-26)25-23(22)24(27)28-16-29-25/h2-9,12,15-16,18,21H,10-11,13-14,26H2,1H3,(H2,27,28,29). The average molecular weight is 413 g/mol. The van der Waals surface area contributed by atoms with Crippen LogP contribution in [0.15, 0.2) is 67.1 Å². The van der Waals surface area contributed by atoms with Crippen molar-refractivity contribution in [3.05, 3.63) is 72.7 Å². The van der Waals surface area contributed by atoms with Gasteiger partial charge in [0.15, 0.2) is 0 Å². The summed E-state index contributed by atoms with van der Waals surface area (Å²) in [5, 5.41) is 0.932. The van der Waals surface area contributed by atoms with Gasteiger partial charge in [-0.05, 0) is 48.6 Å². The number of fused-ring (bicyclic) bond motifs is 1. The summed E-state index contributed by atoms with van der Waals surface area (Å²) in [5.41, 5.74) is 17.7. The second-order valence-corrected chi connectivity index (χ2v) is 8.53. The highest BCUT2D eigenvalue weighted by Gasteiger charge is 2.31. The Bertz CT molecular complexity index is 1190. The molecule has 31 heavy (non-hydrogen) atoms. The van der Waals surface area contributed by atoms with E-state index in [1.165, 1.54) is 5.56 Å². The third-order valence-electron chi connectivity index (χ3n) is 6.44. The van der Waals surface area contributed by atoms with Gasteiger partial charge >= 0.3 is 0 Å². The Labute approximate surface area is 182 Å². The van der Waals surface area contributed by atoms with Crippen molar-refractivity contribution in [1.82, 2.24) is 14.5 Å². The summed E-state index contributed by atoms with van der Waals surface area (Å²) in [5.74, 6) is 1.12. The molecule has 0 atom stereocenters. The molecular weight excluding hydrogens is 384 g/mol. The van der Waals surface area contributed by atoms with Gasteiger partial charge in [-0.1, -0.05) is 42.5 Å². The lowest BCUT2D eigenvalue weighted by atomic mass is 9.80. The van der Waals surface area contributed by atoms with Gasteiger partial charge in [0.05, 0.1) is 5.39 Å². The van der Waals surface area contributed by atoms with Gasteiger partial charge in [-0.3, -0.25) is 0 Å². The van der Waals surface area contributed by atoms with Gasteiger partial charge in [-0.25, -0.2) is 9.97 Å². The molecule has 2 aromatic carbocycles. The molecule has 0 bridgehead atoms. The zero-order valence-corrected chi connectivity index (χ0v) is 17.8. The van der Waals surface area contributed by atoms with Gasteiger partial charge in [0, 0.05) is 37.1 Å². The van der Waals surface area contributed by atoms with E-state index in [1.807, 2.05) is 6.07 Å². The number of nitrogen functional groups attached to an aromatic ring is 1. The summed E-state index contributed by atoms with van der Waals surface area (Å²) in [6.07, 6.45) is 5.93. The van der Waals surface area contributed by atoms with Crippen LogP contribution in [0.2, 0.25) is 0 Å². The monoisotopic (exact) mass is 412 g/mol. The third kappa shape index (κ3) is 3.64. The number of aromatic nitrogens is 3. The van der Waals surface area contributed by atoms with Crippen molar-refractivity contribution in [1.29, 1.82) is 0 Å². The molecule has 4 N–H and O–H groups in total. The van der Waals surface area contributed by atoms with Gasteiger partial charge < -0.3 is 20.9 Å². The third-order valence-corrected chi connectivity index (χ3v) is 6.44. The van der Waals surface area contributed by atoms with Crippen LogP contribution in [0.1, 0.15) is 24.4 Å². The normalized spacial score (nSPS) is 18.1. The van der Waals surface area contributed by atoms with Crippen molar-refractivity contribution in [3.63, 3.8) is 0 Å². The molecule has 0 unspecified atom stereocenters. The molecule has 4 aromatic rings. The Balaban J connectivity index is 1.52. The number of nitrogens with two attached hydrogens (primary N) is 2. The molecule has 6 nitrogen and oxygen atoms in total. The SMILES string of the molecule is CN(Cc1ccccc1)c1cccc(-c2cn(C3CC(CN)C3)c3ncnc(N)c23)c1. The summed E-state index contributed by atoms with van der Waals surface area (Å²) in [4.78, 5) is 11.1. The van der Waals surface area contributed by atoms with Crippen LogP contribution in [0.25, 0.3) is 22.2 Å². The molecular formula is C25H28N6. The fourth-order valence-electron chi connectivity index (χ4n) is 4.59. The summed E-state index contributed by atoms with van der Waals surface area (Å²) in [6.45, 7) is 1.59. The number of hydrogen-bond acceptors (Lipinski definition) is 5. The van der Waals surface area contributed by atoms with Gasteiger partial charge in [0.1, 0.15) is 17.8 Å². The van der Waals surface area contributed by atoms with E-state index in [2.05, 4.69) is 81.2 Å². The van der Waals surface area contributed by atoms with E-state index in [0.717, 1.165) is 53.8 Å². The maximum Gasteiger partial charge on any atom is 0.146 e. The van der Waals surface area contributed by atoms with Crippen molar-refractivity contribution in [3.8, 4) is 11.1 Å². The predicted molar refractivity (Wildman–Crippen MR) is 127 cm³/mol.